The van der Waals surface area contributed by atoms with Crippen molar-refractivity contribution in [1.29, 1.82) is 0 Å². The summed E-state index contributed by atoms with van der Waals surface area (Å²) in [6.07, 6.45) is 5.47. The SMILES string of the molecule is Nc1ccc(CNC(=O)CNC(=O)C(CCc2ccncc2)NS(=O)(=O)Cc2ccccc2)cn1. The number of hydrogen-bond donors (Lipinski definition) is 4. The molecular formula is C24H28N6O4S. The van der Waals surface area contributed by atoms with Crippen molar-refractivity contribution in [3.8, 4) is 0 Å². The van der Waals surface area contributed by atoms with Gasteiger partial charge in [0.15, 0.2) is 0 Å². The lowest BCUT2D eigenvalue weighted by Gasteiger charge is -2.19. The highest BCUT2D eigenvalue weighted by molar-refractivity contribution is 7.88. The molecule has 35 heavy (non-hydrogen) atoms. The van der Waals surface area contributed by atoms with Gasteiger partial charge in [-0.25, -0.2) is 18.1 Å². The second kappa shape index (κ2) is 12.6. The molecule has 2 aromatic heterocycles. The van der Waals surface area contributed by atoms with Gasteiger partial charge >= 0.3 is 0 Å². The molecule has 0 bridgehead atoms. The van der Waals surface area contributed by atoms with E-state index in [9.17, 15) is 18.0 Å². The minimum Gasteiger partial charge on any atom is -0.384 e. The molecule has 0 saturated carbocycles. The second-order valence-electron chi connectivity index (χ2n) is 7.90. The maximum absolute atomic E-state index is 12.9. The number of carbonyl (C=O) groups is 2. The first-order chi connectivity index (χ1) is 16.8. The number of pyridine rings is 2. The molecule has 0 saturated heterocycles. The van der Waals surface area contributed by atoms with Crippen molar-refractivity contribution in [2.45, 2.75) is 31.2 Å². The largest absolute Gasteiger partial charge is 0.384 e. The van der Waals surface area contributed by atoms with Crippen LogP contribution < -0.4 is 21.1 Å². The number of aryl methyl sites for hydroxylation is 1. The summed E-state index contributed by atoms with van der Waals surface area (Å²) in [4.78, 5) is 33.0. The summed E-state index contributed by atoms with van der Waals surface area (Å²) in [7, 11) is -3.81. The van der Waals surface area contributed by atoms with Crippen LogP contribution in [0.1, 0.15) is 23.1 Å². The number of nitrogens with zero attached hydrogens (tertiary/aromatic N) is 2. The average Bonchev–Trinajstić information content (AvgIpc) is 2.85. The Balaban J connectivity index is 1.58. The normalized spacial score (nSPS) is 12.0. The molecule has 11 heteroatoms. The molecular weight excluding hydrogens is 468 g/mol. The third-order valence-corrected chi connectivity index (χ3v) is 6.43. The topological polar surface area (TPSA) is 156 Å². The first-order valence-corrected chi connectivity index (χ1v) is 12.6. The molecule has 5 N–H and O–H groups in total. The van der Waals surface area contributed by atoms with Crippen molar-refractivity contribution < 1.29 is 18.0 Å². The van der Waals surface area contributed by atoms with E-state index < -0.39 is 27.9 Å². The van der Waals surface area contributed by atoms with E-state index in [4.69, 9.17) is 5.73 Å². The fraction of sp³-hybridized carbons (Fsp3) is 0.250. The van der Waals surface area contributed by atoms with E-state index in [0.717, 1.165) is 11.1 Å². The zero-order valence-electron chi connectivity index (χ0n) is 19.1. The van der Waals surface area contributed by atoms with Gasteiger partial charge in [0, 0.05) is 25.1 Å². The minimum absolute atomic E-state index is 0.211. The van der Waals surface area contributed by atoms with Gasteiger partial charge in [-0.05, 0) is 47.7 Å². The van der Waals surface area contributed by atoms with Crippen LogP contribution in [0.25, 0.3) is 0 Å². The molecule has 3 rings (SSSR count). The van der Waals surface area contributed by atoms with Gasteiger partial charge < -0.3 is 16.4 Å². The molecule has 1 unspecified atom stereocenters. The Kier molecular flexibility index (Phi) is 9.27. The Labute approximate surface area is 204 Å². The van der Waals surface area contributed by atoms with Crippen molar-refractivity contribution in [3.05, 3.63) is 89.9 Å². The van der Waals surface area contributed by atoms with Crippen LogP contribution in [0.4, 0.5) is 5.82 Å². The molecule has 1 atom stereocenters. The number of benzene rings is 1. The molecule has 0 fully saturated rings. The monoisotopic (exact) mass is 496 g/mol. The van der Waals surface area contributed by atoms with Crippen LogP contribution in [0.2, 0.25) is 0 Å². The van der Waals surface area contributed by atoms with Crippen LogP contribution in [0.5, 0.6) is 0 Å². The second-order valence-corrected chi connectivity index (χ2v) is 9.65. The number of nitrogen functional groups attached to an aromatic ring is 1. The Bertz CT molecular complexity index is 1210. The molecule has 0 radical (unpaired) electrons. The van der Waals surface area contributed by atoms with E-state index in [1.54, 1.807) is 73.2 Å². The number of sulfonamides is 1. The summed E-state index contributed by atoms with van der Waals surface area (Å²) in [6.45, 7) is -0.0788. The van der Waals surface area contributed by atoms with E-state index in [2.05, 4.69) is 25.3 Å². The smallest absolute Gasteiger partial charge is 0.239 e. The van der Waals surface area contributed by atoms with Gasteiger partial charge in [-0.3, -0.25) is 14.6 Å². The van der Waals surface area contributed by atoms with E-state index >= 15 is 0 Å². The fourth-order valence-corrected chi connectivity index (χ4v) is 4.62. The van der Waals surface area contributed by atoms with Crippen LogP contribution in [0, 0.1) is 0 Å². The fourth-order valence-electron chi connectivity index (χ4n) is 3.25. The van der Waals surface area contributed by atoms with Gasteiger partial charge in [0.05, 0.1) is 12.3 Å². The molecule has 0 aliphatic carbocycles. The van der Waals surface area contributed by atoms with Gasteiger partial charge in [-0.2, -0.15) is 0 Å². The van der Waals surface area contributed by atoms with Crippen molar-refractivity contribution in [2.24, 2.45) is 0 Å². The van der Waals surface area contributed by atoms with Gasteiger partial charge in [0.2, 0.25) is 21.8 Å². The summed E-state index contributed by atoms with van der Waals surface area (Å²) < 4.78 is 28.0. The number of rotatable bonds is 12. The van der Waals surface area contributed by atoms with E-state index in [1.807, 2.05) is 0 Å². The highest BCUT2D eigenvalue weighted by Crippen LogP contribution is 2.09. The third-order valence-electron chi connectivity index (χ3n) is 5.07. The van der Waals surface area contributed by atoms with Gasteiger partial charge in [0.1, 0.15) is 11.9 Å². The molecule has 2 amide bonds. The van der Waals surface area contributed by atoms with Crippen molar-refractivity contribution >= 4 is 27.7 Å². The lowest BCUT2D eigenvalue weighted by Crippen LogP contribution is -2.49. The average molecular weight is 497 g/mol. The molecule has 0 aliphatic rings. The number of amides is 2. The summed E-state index contributed by atoms with van der Waals surface area (Å²) in [5.41, 5.74) is 7.81. The van der Waals surface area contributed by atoms with Crippen molar-refractivity contribution in [2.75, 3.05) is 12.3 Å². The van der Waals surface area contributed by atoms with Gasteiger partial charge in [-0.15, -0.1) is 0 Å². The van der Waals surface area contributed by atoms with E-state index in [1.165, 1.54) is 0 Å². The van der Waals surface area contributed by atoms with Crippen molar-refractivity contribution in [3.63, 3.8) is 0 Å². The Morgan fingerprint density at radius 1 is 0.914 bits per heavy atom. The highest BCUT2D eigenvalue weighted by atomic mass is 32.2. The zero-order valence-corrected chi connectivity index (χ0v) is 19.9. The zero-order chi connectivity index (χ0) is 25.1. The first-order valence-electron chi connectivity index (χ1n) is 11.0. The Morgan fingerprint density at radius 2 is 1.66 bits per heavy atom. The number of aromatic nitrogens is 2. The predicted octanol–water partition coefficient (Wildman–Crippen LogP) is 0.912. The maximum atomic E-state index is 12.9. The summed E-state index contributed by atoms with van der Waals surface area (Å²) in [6, 6.07) is 14.6. The standard InChI is InChI=1S/C24H28N6O4S/c25-22-9-7-20(14-27-22)15-28-23(31)16-29-24(32)21(8-6-18-10-12-26-13-11-18)30-35(33,34)17-19-4-2-1-3-5-19/h1-5,7,9-14,21,30H,6,8,15-17H2,(H2,25,27)(H,28,31)(H,29,32). The summed E-state index contributed by atoms with van der Waals surface area (Å²) in [5, 5.41) is 5.20. The lowest BCUT2D eigenvalue weighted by atomic mass is 10.1. The number of carbonyl (C=O) groups excluding carboxylic acids is 2. The number of nitrogens with one attached hydrogen (secondary N) is 3. The first kappa shape index (κ1) is 25.8. The molecule has 3 aromatic rings. The highest BCUT2D eigenvalue weighted by Gasteiger charge is 2.25. The lowest BCUT2D eigenvalue weighted by molar-refractivity contribution is -0.127. The summed E-state index contributed by atoms with van der Waals surface area (Å²) >= 11 is 0. The Hall–Kier alpha value is -3.83. The molecule has 0 aliphatic heterocycles. The number of anilines is 1. The molecule has 1 aromatic carbocycles. The maximum Gasteiger partial charge on any atom is 0.239 e. The van der Waals surface area contributed by atoms with Crippen LogP contribution in [-0.4, -0.2) is 42.8 Å². The van der Waals surface area contributed by atoms with Gasteiger partial charge in [-0.1, -0.05) is 36.4 Å². The summed E-state index contributed by atoms with van der Waals surface area (Å²) in [5.74, 6) is -0.890. The quantitative estimate of drug-likeness (QED) is 0.290. The van der Waals surface area contributed by atoms with Crippen LogP contribution in [-0.2, 0) is 38.3 Å². The van der Waals surface area contributed by atoms with E-state index in [0.29, 0.717) is 17.8 Å². The van der Waals surface area contributed by atoms with Crippen molar-refractivity contribution in [1.82, 2.24) is 25.3 Å². The Morgan fingerprint density at radius 3 is 2.34 bits per heavy atom. The molecule has 0 spiro atoms. The minimum atomic E-state index is -3.81. The van der Waals surface area contributed by atoms with Gasteiger partial charge in [0.25, 0.3) is 0 Å². The van der Waals surface area contributed by atoms with Crippen LogP contribution in [0.15, 0.2) is 73.2 Å². The molecule has 2 heterocycles. The van der Waals surface area contributed by atoms with Crippen LogP contribution >= 0.6 is 0 Å². The third kappa shape index (κ3) is 9.14. The van der Waals surface area contributed by atoms with E-state index in [-0.39, 0.29) is 25.3 Å². The number of hydrogen-bond acceptors (Lipinski definition) is 7. The number of nitrogens with two attached hydrogens (primary N) is 1. The molecule has 184 valence electrons. The predicted molar refractivity (Wildman–Crippen MR) is 132 cm³/mol. The van der Waals surface area contributed by atoms with Crippen LogP contribution in [0.3, 0.4) is 0 Å². The molecule has 10 nitrogen and oxygen atoms in total.